The molecule has 0 radical (unpaired) electrons. The third-order valence-corrected chi connectivity index (χ3v) is 12.8. The molecule has 0 bridgehead atoms. The van der Waals surface area contributed by atoms with Gasteiger partial charge in [-0.05, 0) is 129 Å². The maximum atomic E-state index is 9.13. The van der Waals surface area contributed by atoms with Gasteiger partial charge in [0.25, 0.3) is 0 Å². The van der Waals surface area contributed by atoms with Crippen LogP contribution in [0.1, 0.15) is 100 Å². The molecule has 0 amide bonds. The van der Waals surface area contributed by atoms with E-state index in [4.69, 9.17) is 20.2 Å². The van der Waals surface area contributed by atoms with E-state index < -0.39 is 12.7 Å². The van der Waals surface area contributed by atoms with Gasteiger partial charge in [0.15, 0.2) is 0 Å². The van der Waals surface area contributed by atoms with Crippen LogP contribution in [0.25, 0.3) is 83.9 Å². The first kappa shape index (κ1) is 43.0. The van der Waals surface area contributed by atoms with Crippen LogP contribution in [0, 0.1) is 33.9 Å². The number of nitrogens with zero attached hydrogens (tertiary/aromatic N) is 3. The summed E-state index contributed by atoms with van der Waals surface area (Å²) in [5, 5.41) is 0. The van der Waals surface area contributed by atoms with Crippen LogP contribution in [0.4, 0.5) is 0 Å². The molecule has 0 N–H and O–H groups in total. The fourth-order valence-electron chi connectivity index (χ4n) is 9.03. The summed E-state index contributed by atoms with van der Waals surface area (Å²) >= 11 is 0. The second-order valence-electron chi connectivity index (χ2n) is 20.1. The molecule has 9 aromatic rings. The third kappa shape index (κ3) is 9.54. The molecule has 0 unspecified atom stereocenters. The number of hydrogen-bond acceptors (Lipinski definition) is 3. The van der Waals surface area contributed by atoms with Crippen LogP contribution < -0.4 is 4.74 Å². The van der Waals surface area contributed by atoms with Gasteiger partial charge in [0, 0.05) is 17.4 Å². The second-order valence-corrected chi connectivity index (χ2v) is 20.1. The zero-order chi connectivity index (χ0) is 50.8. The number of aryl methyl sites for hydroxylation is 3. The third-order valence-electron chi connectivity index (χ3n) is 12.8. The van der Waals surface area contributed by atoms with E-state index in [9.17, 15) is 0 Å². The average Bonchev–Trinajstić information content (AvgIpc) is 3.72. The molecule has 0 atom stereocenters. The minimum absolute atomic E-state index is 0. The van der Waals surface area contributed by atoms with E-state index in [1.165, 1.54) is 11.1 Å². The summed E-state index contributed by atoms with van der Waals surface area (Å²) in [6.07, 6.45) is 1.83. The van der Waals surface area contributed by atoms with Crippen LogP contribution in [0.3, 0.4) is 0 Å². The smallest absolute Gasteiger partial charge is 0.665 e. The standard InChI is InChI=1S/C63H61N3O.Pt/c1-39(2)43-21-23-45(24-22-43)47-27-28-64-56(37-47)51-33-48(44-17-14-13-15-18-44)32-50(34-51)54-19-16-20-58-59(54)65-61(55-30-40(3)29-42(5)60(55)67-12)66(58)57-26-25-46(31-41(57)4)49-35-52(62(6,7)8)38-53(36-49)63(9,10)11;/h13-33,35-39H,12H2,1-11H3;/q-2;+2/i4D3,39D;. The van der Waals surface area contributed by atoms with Crippen molar-refractivity contribution in [1.82, 2.24) is 14.5 Å². The number of pyridine rings is 1. The molecule has 0 aliphatic heterocycles. The predicted octanol–water partition coefficient (Wildman–Crippen LogP) is 17.0. The Morgan fingerprint density at radius 1 is 0.632 bits per heavy atom. The number of ether oxygens (including phenoxy) is 1. The zero-order valence-corrected chi connectivity index (χ0v) is 43.0. The molecular formula is C63H61N3OPt. The predicted molar refractivity (Wildman–Crippen MR) is 282 cm³/mol. The Bertz CT molecular complexity index is 3430. The van der Waals surface area contributed by atoms with Gasteiger partial charge in [-0.3, -0.25) is 9.55 Å². The van der Waals surface area contributed by atoms with Crippen molar-refractivity contribution >= 4 is 11.0 Å². The minimum Gasteiger partial charge on any atom is -0.665 e. The Labute approximate surface area is 424 Å². The molecule has 0 aliphatic carbocycles. The molecule has 344 valence electrons. The van der Waals surface area contributed by atoms with Crippen molar-refractivity contribution < 1.29 is 31.3 Å². The summed E-state index contributed by atoms with van der Waals surface area (Å²) in [7, 11) is 3.87. The van der Waals surface area contributed by atoms with Gasteiger partial charge in [0.05, 0.1) is 28.0 Å². The van der Waals surface area contributed by atoms with E-state index in [0.29, 0.717) is 33.9 Å². The fourth-order valence-corrected chi connectivity index (χ4v) is 9.03. The Kier molecular flexibility index (Phi) is 12.0. The van der Waals surface area contributed by atoms with Crippen molar-refractivity contribution in [3.8, 4) is 78.6 Å². The number of benzene rings is 7. The van der Waals surface area contributed by atoms with Crippen LogP contribution in [-0.2, 0) is 31.9 Å². The second kappa shape index (κ2) is 19.0. The summed E-state index contributed by atoms with van der Waals surface area (Å²) < 4.78 is 43.8. The van der Waals surface area contributed by atoms with Gasteiger partial charge in [-0.1, -0.05) is 175 Å². The van der Waals surface area contributed by atoms with Gasteiger partial charge in [0.2, 0.25) is 0 Å². The molecule has 0 spiro atoms. The number of aromatic nitrogens is 3. The molecule has 0 fully saturated rings. The quantitative estimate of drug-likeness (QED) is 0.135. The van der Waals surface area contributed by atoms with Gasteiger partial charge in [-0.15, -0.1) is 23.8 Å². The normalized spacial score (nSPS) is 13.0. The number of imidazole rings is 1. The molecule has 2 aromatic heterocycles. The van der Waals surface area contributed by atoms with Crippen molar-refractivity contribution in [3.05, 3.63) is 198 Å². The molecule has 0 aliphatic rings. The molecule has 68 heavy (non-hydrogen) atoms. The van der Waals surface area contributed by atoms with Gasteiger partial charge in [0.1, 0.15) is 5.82 Å². The first-order valence-corrected chi connectivity index (χ1v) is 23.0. The molecule has 2 heterocycles. The van der Waals surface area contributed by atoms with Crippen LogP contribution in [0.15, 0.2) is 152 Å². The van der Waals surface area contributed by atoms with Gasteiger partial charge in [-0.2, -0.15) is 7.11 Å². The average molecular weight is 1080 g/mol. The Morgan fingerprint density at radius 3 is 1.94 bits per heavy atom. The Hall–Kier alpha value is -6.35. The number of para-hydroxylation sites is 1. The van der Waals surface area contributed by atoms with Crippen molar-refractivity contribution in [2.75, 3.05) is 0 Å². The van der Waals surface area contributed by atoms with E-state index in [2.05, 4.69) is 121 Å². The molecular weight excluding hydrogens is 1010 g/mol. The van der Waals surface area contributed by atoms with Gasteiger partial charge >= 0.3 is 21.1 Å². The number of rotatable bonds is 9. The first-order chi connectivity index (χ1) is 33.5. The number of fused-ring (bicyclic) bond motifs is 1. The molecule has 0 saturated carbocycles. The largest absolute Gasteiger partial charge is 2.00 e. The molecule has 7 aromatic carbocycles. The summed E-state index contributed by atoms with van der Waals surface area (Å²) in [6.45, 7) is 18.5. The van der Waals surface area contributed by atoms with E-state index in [-0.39, 0.29) is 37.5 Å². The zero-order valence-electron chi connectivity index (χ0n) is 44.7. The van der Waals surface area contributed by atoms with E-state index in [1.807, 2.05) is 117 Å². The van der Waals surface area contributed by atoms with Crippen molar-refractivity contribution in [2.24, 2.45) is 0 Å². The van der Waals surface area contributed by atoms with Gasteiger partial charge < -0.3 is 4.74 Å². The number of hydrogen-bond donors (Lipinski definition) is 0. The topological polar surface area (TPSA) is 39.9 Å². The molecule has 4 nitrogen and oxygen atoms in total. The van der Waals surface area contributed by atoms with Gasteiger partial charge in [-0.25, -0.2) is 4.98 Å². The maximum Gasteiger partial charge on any atom is 2.00 e. The van der Waals surface area contributed by atoms with E-state index >= 15 is 0 Å². The van der Waals surface area contributed by atoms with Crippen LogP contribution in [-0.4, -0.2) is 14.5 Å². The van der Waals surface area contributed by atoms with Crippen LogP contribution >= 0.6 is 0 Å². The van der Waals surface area contributed by atoms with E-state index in [0.717, 1.165) is 72.5 Å². The van der Waals surface area contributed by atoms with Crippen LogP contribution in [0.5, 0.6) is 5.75 Å². The van der Waals surface area contributed by atoms with Crippen LogP contribution in [0.2, 0.25) is 0 Å². The fraction of sp³-hybridized carbons (Fsp3) is 0.222. The Morgan fingerprint density at radius 2 is 1.28 bits per heavy atom. The van der Waals surface area contributed by atoms with E-state index in [1.54, 1.807) is 0 Å². The van der Waals surface area contributed by atoms with Crippen molar-refractivity contribution in [2.45, 2.75) is 92.8 Å². The SMILES string of the molecule is [2H]C([2H])([2H])c1cc(-c2cc(C(C)(C)C)cc(C(C)(C)C)c2)ccc1-n1c(-c2cc(C)cc(C)c2O[CH2-])nc2c(-c3[c-]c(-c4cc(-c5ccc(C([2H])(C)C)cc5)ccn4)cc(-c4ccccc4)c3)cccc21.[Pt+2]. The van der Waals surface area contributed by atoms with Crippen molar-refractivity contribution in [3.63, 3.8) is 0 Å². The maximum absolute atomic E-state index is 9.13. The first-order valence-electron chi connectivity index (χ1n) is 25.0. The summed E-state index contributed by atoms with van der Waals surface area (Å²) in [4.78, 5) is 10.4. The summed E-state index contributed by atoms with van der Waals surface area (Å²) in [5.41, 5.74) is 16.7. The summed E-state index contributed by atoms with van der Waals surface area (Å²) in [5.74, 6) is 0.374. The van der Waals surface area contributed by atoms with Crippen molar-refractivity contribution in [1.29, 1.82) is 0 Å². The monoisotopic (exact) mass is 1070 g/mol. The summed E-state index contributed by atoms with van der Waals surface area (Å²) in [6, 6.07) is 53.2. The molecule has 5 heteroatoms. The minimum atomic E-state index is -2.51. The molecule has 0 saturated heterocycles. The Balaban J connectivity index is 0.00000693. The molecule has 9 rings (SSSR count).